The van der Waals surface area contributed by atoms with Crippen LogP contribution < -0.4 is 10.2 Å². The Hall–Kier alpha value is -4.11. The van der Waals surface area contributed by atoms with Crippen molar-refractivity contribution < 1.29 is 22.5 Å². The van der Waals surface area contributed by atoms with E-state index in [0.717, 1.165) is 12.1 Å². The molecular weight excluding hydrogens is 481 g/mol. The molecule has 0 fully saturated rings. The van der Waals surface area contributed by atoms with Gasteiger partial charge in [-0.3, -0.25) is 4.90 Å². The number of hydrogen-bond acceptors (Lipinski definition) is 4. The van der Waals surface area contributed by atoms with Gasteiger partial charge in [-0.1, -0.05) is 41.0 Å². The van der Waals surface area contributed by atoms with Gasteiger partial charge in [0.15, 0.2) is 11.6 Å². The van der Waals surface area contributed by atoms with Gasteiger partial charge in [0.05, 0.1) is 17.3 Å². The number of carbonyl (C=O) groups is 1. The van der Waals surface area contributed by atoms with Gasteiger partial charge < -0.3 is 9.84 Å². The zero-order valence-electron chi connectivity index (χ0n) is 18.1. The minimum Gasteiger partial charge on any atom is -0.334 e. The maximum Gasteiger partial charge on any atom is 0.327 e. The number of nitrogens with one attached hydrogen (secondary N) is 1. The third-order valence-corrected chi connectivity index (χ3v) is 5.84. The maximum absolute atomic E-state index is 14.0. The van der Waals surface area contributed by atoms with Crippen LogP contribution in [0, 0.1) is 17.5 Å². The number of carbonyl (C=O) groups excluding carboxylic acids is 1. The molecule has 0 saturated carbocycles. The van der Waals surface area contributed by atoms with E-state index in [1.807, 2.05) is 0 Å². The van der Waals surface area contributed by atoms with E-state index < -0.39 is 29.5 Å². The van der Waals surface area contributed by atoms with Gasteiger partial charge in [-0.15, -0.1) is 0 Å². The van der Waals surface area contributed by atoms with E-state index in [0.29, 0.717) is 27.4 Å². The van der Waals surface area contributed by atoms with Gasteiger partial charge in [0.1, 0.15) is 5.82 Å². The number of rotatable bonds is 4. The highest BCUT2D eigenvalue weighted by Gasteiger charge is 2.36. The summed E-state index contributed by atoms with van der Waals surface area (Å²) in [5.74, 6) is -2.39. The molecule has 1 aliphatic rings. The molecular formula is C25H16ClF3N4O2. The van der Waals surface area contributed by atoms with Crippen molar-refractivity contribution in [1.29, 1.82) is 0 Å². The second-order valence-corrected chi connectivity index (χ2v) is 8.24. The van der Waals surface area contributed by atoms with Crippen LogP contribution in [0.2, 0.25) is 5.02 Å². The van der Waals surface area contributed by atoms with E-state index in [4.69, 9.17) is 16.1 Å². The summed E-state index contributed by atoms with van der Waals surface area (Å²) in [5, 5.41) is 7.33. The van der Waals surface area contributed by atoms with Crippen LogP contribution in [0.5, 0.6) is 0 Å². The first-order valence-electron chi connectivity index (χ1n) is 10.4. The van der Waals surface area contributed by atoms with Crippen LogP contribution in [0.15, 0.2) is 77.0 Å². The third kappa shape index (κ3) is 4.26. The second kappa shape index (κ2) is 8.92. The number of hydrogen-bond donors (Lipinski definition) is 1. The lowest BCUT2D eigenvalue weighted by molar-refractivity contribution is 0.244. The molecule has 2 heterocycles. The van der Waals surface area contributed by atoms with E-state index in [-0.39, 0.29) is 17.4 Å². The number of urea groups is 1. The molecule has 0 spiro atoms. The fourth-order valence-corrected chi connectivity index (χ4v) is 4.06. The monoisotopic (exact) mass is 496 g/mol. The minimum atomic E-state index is -1.10. The van der Waals surface area contributed by atoms with Crippen LogP contribution in [0.25, 0.3) is 17.0 Å². The number of halogens is 4. The zero-order chi connectivity index (χ0) is 24.7. The number of nitrogens with zero attached hydrogens (tertiary/aromatic N) is 3. The Morgan fingerprint density at radius 2 is 1.77 bits per heavy atom. The summed E-state index contributed by atoms with van der Waals surface area (Å²) in [7, 11) is 0. The van der Waals surface area contributed by atoms with Crippen LogP contribution in [-0.2, 0) is 0 Å². The Morgan fingerprint density at radius 1 is 1.00 bits per heavy atom. The topological polar surface area (TPSA) is 71.3 Å². The summed E-state index contributed by atoms with van der Waals surface area (Å²) < 4.78 is 46.8. The quantitative estimate of drug-likeness (QED) is 0.349. The second-order valence-electron chi connectivity index (χ2n) is 7.80. The Kier molecular flexibility index (Phi) is 5.78. The van der Waals surface area contributed by atoms with Gasteiger partial charge in [0.25, 0.3) is 5.89 Å². The molecule has 0 bridgehead atoms. The number of anilines is 1. The van der Waals surface area contributed by atoms with Crippen molar-refractivity contribution in [2.75, 3.05) is 4.90 Å². The summed E-state index contributed by atoms with van der Waals surface area (Å²) in [6.45, 7) is 1.63. The van der Waals surface area contributed by atoms with E-state index in [1.54, 1.807) is 37.3 Å². The summed E-state index contributed by atoms with van der Waals surface area (Å²) in [4.78, 5) is 18.7. The first kappa shape index (κ1) is 22.7. The van der Waals surface area contributed by atoms with E-state index in [1.165, 1.54) is 29.2 Å². The van der Waals surface area contributed by atoms with Crippen molar-refractivity contribution in [3.8, 4) is 11.4 Å². The number of allylic oxidation sites excluding steroid dienone is 1. The highest BCUT2D eigenvalue weighted by molar-refractivity contribution is 6.30. The lowest BCUT2D eigenvalue weighted by atomic mass is 9.94. The fourth-order valence-electron chi connectivity index (χ4n) is 3.94. The van der Waals surface area contributed by atoms with E-state index >= 15 is 0 Å². The summed E-state index contributed by atoms with van der Waals surface area (Å²) in [5.41, 5.74) is 1.96. The van der Waals surface area contributed by atoms with Crippen LogP contribution >= 0.6 is 11.6 Å². The smallest absolute Gasteiger partial charge is 0.327 e. The predicted molar refractivity (Wildman–Crippen MR) is 124 cm³/mol. The fraction of sp³-hybridized carbons (Fsp3) is 0.0800. The van der Waals surface area contributed by atoms with Crippen molar-refractivity contribution in [2.45, 2.75) is 13.0 Å². The predicted octanol–water partition coefficient (Wildman–Crippen LogP) is 6.51. The summed E-state index contributed by atoms with van der Waals surface area (Å²) >= 11 is 6.03. The van der Waals surface area contributed by atoms with E-state index in [2.05, 4.69) is 15.5 Å². The molecule has 1 aliphatic heterocycles. The average Bonchev–Trinajstić information content (AvgIpc) is 3.31. The molecule has 3 aromatic carbocycles. The van der Waals surface area contributed by atoms with Crippen molar-refractivity contribution in [2.24, 2.45) is 0 Å². The van der Waals surface area contributed by atoms with Gasteiger partial charge in [-0.05, 0) is 48.9 Å². The van der Waals surface area contributed by atoms with Gasteiger partial charge in [-0.25, -0.2) is 18.0 Å². The van der Waals surface area contributed by atoms with Crippen molar-refractivity contribution in [3.05, 3.63) is 106 Å². The van der Waals surface area contributed by atoms with Gasteiger partial charge >= 0.3 is 6.03 Å². The standard InChI is InChI=1S/C25H16ClF3N4O2/c1-13-21(24-31-23(32-35-24)15-3-2-4-17(27)11-15)22(14-5-7-16(26)8-6-14)30-25(34)33(13)18-9-10-19(28)20(29)12-18/h2-12,22H,1H3,(H,30,34). The highest BCUT2D eigenvalue weighted by atomic mass is 35.5. The largest absolute Gasteiger partial charge is 0.334 e. The van der Waals surface area contributed by atoms with Crippen molar-refractivity contribution in [3.63, 3.8) is 0 Å². The molecule has 1 N–H and O–H groups in total. The SMILES string of the molecule is CC1=C(c2nc(-c3cccc(F)c3)no2)C(c2ccc(Cl)cc2)NC(=O)N1c1ccc(F)c(F)c1. The zero-order valence-corrected chi connectivity index (χ0v) is 18.9. The van der Waals surface area contributed by atoms with Crippen LogP contribution in [0.1, 0.15) is 24.4 Å². The molecule has 0 saturated heterocycles. The molecule has 2 amide bonds. The van der Waals surface area contributed by atoms with Crippen LogP contribution in [0.4, 0.5) is 23.7 Å². The molecule has 0 radical (unpaired) electrons. The molecule has 1 atom stereocenters. The van der Waals surface area contributed by atoms with Crippen LogP contribution in [0.3, 0.4) is 0 Å². The number of benzene rings is 3. The maximum atomic E-state index is 14.0. The molecule has 1 unspecified atom stereocenters. The summed E-state index contributed by atoms with van der Waals surface area (Å²) in [6.07, 6.45) is 0. The summed E-state index contributed by atoms with van der Waals surface area (Å²) in [6, 6.07) is 14.4. The first-order valence-corrected chi connectivity index (χ1v) is 10.8. The van der Waals surface area contributed by atoms with Gasteiger partial charge in [-0.2, -0.15) is 4.98 Å². The lowest BCUT2D eigenvalue weighted by Gasteiger charge is -2.35. The van der Waals surface area contributed by atoms with Gasteiger partial charge in [0, 0.05) is 22.3 Å². The molecule has 176 valence electrons. The Labute approximate surface area is 202 Å². The average molecular weight is 497 g/mol. The van der Waals surface area contributed by atoms with Crippen molar-refractivity contribution in [1.82, 2.24) is 15.5 Å². The normalized spacial score (nSPS) is 16.0. The number of amides is 2. The molecule has 5 rings (SSSR count). The lowest BCUT2D eigenvalue weighted by Crippen LogP contribution is -2.46. The Morgan fingerprint density at radius 3 is 2.49 bits per heavy atom. The highest BCUT2D eigenvalue weighted by Crippen LogP contribution is 2.39. The first-order chi connectivity index (χ1) is 16.8. The number of aromatic nitrogens is 2. The van der Waals surface area contributed by atoms with Gasteiger partial charge in [0.2, 0.25) is 5.82 Å². The molecule has 1 aromatic heterocycles. The Bertz CT molecular complexity index is 1470. The minimum absolute atomic E-state index is 0.0642. The Balaban J connectivity index is 1.66. The molecule has 10 heteroatoms. The molecule has 0 aliphatic carbocycles. The molecule has 6 nitrogen and oxygen atoms in total. The van der Waals surface area contributed by atoms with Crippen molar-refractivity contribution >= 4 is 28.9 Å². The van der Waals surface area contributed by atoms with E-state index in [9.17, 15) is 18.0 Å². The molecule has 4 aromatic rings. The van der Waals surface area contributed by atoms with Crippen LogP contribution in [-0.4, -0.2) is 16.2 Å². The third-order valence-electron chi connectivity index (χ3n) is 5.59. The molecule has 35 heavy (non-hydrogen) atoms.